The van der Waals surface area contributed by atoms with E-state index in [1.165, 1.54) is 31.3 Å². The molecule has 4 heteroatoms. The largest absolute Gasteiger partial charge is 0.435 e. The molecule has 2 heterocycles. The molecule has 2 aromatic heterocycles. The molecule has 0 aliphatic heterocycles. The third-order valence-corrected chi connectivity index (χ3v) is 9.84. The van der Waals surface area contributed by atoms with Gasteiger partial charge < -0.3 is 9.32 Å². The lowest BCUT2D eigenvalue weighted by Crippen LogP contribution is -2.09. The van der Waals surface area contributed by atoms with Crippen molar-refractivity contribution in [2.24, 2.45) is 0 Å². The Hall–Kier alpha value is -5.97. The highest BCUT2D eigenvalue weighted by Gasteiger charge is 2.17. The highest BCUT2D eigenvalue weighted by molar-refractivity contribution is 7.25. The maximum Gasteiger partial charge on any atom is 0.227 e. The van der Waals surface area contributed by atoms with Crippen molar-refractivity contribution in [1.29, 1.82) is 0 Å². The maximum atomic E-state index is 6.36. The van der Waals surface area contributed by atoms with Gasteiger partial charge in [-0.25, -0.2) is 4.98 Å². The summed E-state index contributed by atoms with van der Waals surface area (Å²) in [5, 5.41) is 2.59. The lowest BCUT2D eigenvalue weighted by molar-refractivity contribution is 0.621. The first-order valence-corrected chi connectivity index (χ1v) is 16.5. The number of hydrogen-bond acceptors (Lipinski definition) is 4. The summed E-state index contributed by atoms with van der Waals surface area (Å²) in [6.45, 7) is 0. The molecule has 0 spiro atoms. The summed E-state index contributed by atoms with van der Waals surface area (Å²) >= 11 is 1.84. The van der Waals surface area contributed by atoms with Gasteiger partial charge in [-0.2, -0.15) is 0 Å². The summed E-state index contributed by atoms with van der Waals surface area (Å²) in [4.78, 5) is 7.14. The summed E-state index contributed by atoms with van der Waals surface area (Å²) in [6, 6.07) is 59.8. The number of fused-ring (bicyclic) bond motifs is 4. The Bertz CT molecular complexity index is 2510. The molecule has 9 aromatic rings. The van der Waals surface area contributed by atoms with E-state index in [4.69, 9.17) is 9.40 Å². The second kappa shape index (κ2) is 11.4. The molecule has 222 valence electrons. The number of anilines is 3. The molecule has 7 aromatic carbocycles. The van der Waals surface area contributed by atoms with Crippen molar-refractivity contribution in [2.75, 3.05) is 4.90 Å². The monoisotopic (exact) mass is 620 g/mol. The van der Waals surface area contributed by atoms with Crippen molar-refractivity contribution < 1.29 is 4.42 Å². The Labute approximate surface area is 276 Å². The fraction of sp³-hybridized carbons (Fsp3) is 0. The van der Waals surface area contributed by atoms with Gasteiger partial charge in [0, 0.05) is 48.4 Å². The van der Waals surface area contributed by atoms with Crippen molar-refractivity contribution in [2.45, 2.75) is 0 Å². The van der Waals surface area contributed by atoms with Crippen LogP contribution < -0.4 is 4.90 Å². The van der Waals surface area contributed by atoms with Gasteiger partial charge in [-0.3, -0.25) is 0 Å². The fourth-order valence-electron chi connectivity index (χ4n) is 6.43. The summed E-state index contributed by atoms with van der Waals surface area (Å²) in [6.07, 6.45) is 0. The second-order valence-corrected chi connectivity index (χ2v) is 12.7. The molecular formula is C43H28N2OS. The van der Waals surface area contributed by atoms with E-state index in [0.29, 0.717) is 5.89 Å². The number of aromatic nitrogens is 1. The highest BCUT2D eigenvalue weighted by atomic mass is 32.1. The van der Waals surface area contributed by atoms with Crippen LogP contribution in [0.15, 0.2) is 174 Å². The van der Waals surface area contributed by atoms with E-state index in [-0.39, 0.29) is 0 Å². The summed E-state index contributed by atoms with van der Waals surface area (Å²) < 4.78 is 8.93. The standard InChI is InChI=1S/C43H28N2OS/c1-3-11-29(12-4-1)32-15-9-16-34(27-32)45(35-25-26-38-37-17-7-8-20-40(37)47-41(38)28-35)33-23-21-30(22-24-33)36-18-10-19-39-42(36)46-43(44-39)31-13-5-2-6-14-31/h1-28H. The Balaban J connectivity index is 1.16. The molecular weight excluding hydrogens is 593 g/mol. The summed E-state index contributed by atoms with van der Waals surface area (Å²) in [5.41, 5.74) is 10.4. The van der Waals surface area contributed by atoms with Crippen LogP contribution in [0.2, 0.25) is 0 Å². The van der Waals surface area contributed by atoms with Gasteiger partial charge in [-0.15, -0.1) is 11.3 Å². The van der Waals surface area contributed by atoms with Crippen LogP contribution in [0.3, 0.4) is 0 Å². The SMILES string of the molecule is c1ccc(-c2cccc(N(c3ccc(-c4cccc5nc(-c6ccccc6)oc45)cc3)c3ccc4c(c3)sc3ccccc34)c2)cc1. The number of oxazole rings is 1. The molecule has 0 atom stereocenters. The van der Waals surface area contributed by atoms with Crippen LogP contribution in [0.5, 0.6) is 0 Å². The molecule has 0 unspecified atom stereocenters. The Morgan fingerprint density at radius 1 is 0.447 bits per heavy atom. The smallest absolute Gasteiger partial charge is 0.227 e. The van der Waals surface area contributed by atoms with Crippen LogP contribution in [-0.2, 0) is 0 Å². The lowest BCUT2D eigenvalue weighted by atomic mass is 10.0. The zero-order chi connectivity index (χ0) is 31.2. The minimum atomic E-state index is 0.630. The molecule has 47 heavy (non-hydrogen) atoms. The lowest BCUT2D eigenvalue weighted by Gasteiger charge is -2.26. The summed E-state index contributed by atoms with van der Waals surface area (Å²) in [5.74, 6) is 0.630. The van der Waals surface area contributed by atoms with Crippen LogP contribution in [0.4, 0.5) is 17.1 Å². The average molecular weight is 621 g/mol. The van der Waals surface area contributed by atoms with Crippen LogP contribution in [0.25, 0.3) is 65.0 Å². The Morgan fingerprint density at radius 2 is 1.11 bits per heavy atom. The normalized spacial score (nSPS) is 11.4. The van der Waals surface area contributed by atoms with E-state index < -0.39 is 0 Å². The van der Waals surface area contributed by atoms with Gasteiger partial charge in [0.1, 0.15) is 5.52 Å². The highest BCUT2D eigenvalue weighted by Crippen LogP contribution is 2.42. The number of rotatable bonds is 6. The molecule has 0 amide bonds. The van der Waals surface area contributed by atoms with Crippen molar-refractivity contribution in [3.05, 3.63) is 170 Å². The number of thiophene rings is 1. The van der Waals surface area contributed by atoms with Gasteiger partial charge >= 0.3 is 0 Å². The predicted molar refractivity (Wildman–Crippen MR) is 198 cm³/mol. The van der Waals surface area contributed by atoms with E-state index in [0.717, 1.165) is 44.9 Å². The molecule has 0 bridgehead atoms. The molecule has 0 aliphatic carbocycles. The van der Waals surface area contributed by atoms with Crippen LogP contribution in [0.1, 0.15) is 0 Å². The minimum absolute atomic E-state index is 0.630. The first kappa shape index (κ1) is 27.3. The van der Waals surface area contributed by atoms with Gasteiger partial charge in [0.2, 0.25) is 5.89 Å². The molecule has 0 fully saturated rings. The molecule has 0 N–H and O–H groups in total. The van der Waals surface area contributed by atoms with E-state index in [2.05, 4.69) is 132 Å². The molecule has 9 rings (SSSR count). The zero-order valence-corrected chi connectivity index (χ0v) is 26.2. The molecule has 0 radical (unpaired) electrons. The van der Waals surface area contributed by atoms with Crippen molar-refractivity contribution in [3.8, 4) is 33.7 Å². The fourth-order valence-corrected chi connectivity index (χ4v) is 7.57. The van der Waals surface area contributed by atoms with E-state index in [1.54, 1.807) is 0 Å². The van der Waals surface area contributed by atoms with Gasteiger partial charge in [-0.05, 0) is 77.4 Å². The average Bonchev–Trinajstić information content (AvgIpc) is 3.75. The number of para-hydroxylation sites is 1. The minimum Gasteiger partial charge on any atom is -0.435 e. The third kappa shape index (κ3) is 4.96. The van der Waals surface area contributed by atoms with Crippen molar-refractivity contribution in [1.82, 2.24) is 4.98 Å². The first-order chi connectivity index (χ1) is 23.3. The molecule has 3 nitrogen and oxygen atoms in total. The topological polar surface area (TPSA) is 29.3 Å². The van der Waals surface area contributed by atoms with Crippen molar-refractivity contribution >= 4 is 59.7 Å². The molecule has 0 saturated carbocycles. The number of hydrogen-bond donors (Lipinski definition) is 0. The predicted octanol–water partition coefficient (Wildman–Crippen LogP) is 12.7. The summed E-state index contributed by atoms with van der Waals surface area (Å²) in [7, 11) is 0. The third-order valence-electron chi connectivity index (χ3n) is 8.70. The Kier molecular flexibility index (Phi) is 6.65. The molecule has 0 aliphatic rings. The van der Waals surface area contributed by atoms with Crippen LogP contribution in [0, 0.1) is 0 Å². The van der Waals surface area contributed by atoms with Crippen LogP contribution in [-0.4, -0.2) is 4.98 Å². The van der Waals surface area contributed by atoms with E-state index in [9.17, 15) is 0 Å². The van der Waals surface area contributed by atoms with Gasteiger partial charge in [-0.1, -0.05) is 109 Å². The van der Waals surface area contributed by atoms with E-state index in [1.807, 2.05) is 53.8 Å². The van der Waals surface area contributed by atoms with Gasteiger partial charge in [0.15, 0.2) is 5.58 Å². The van der Waals surface area contributed by atoms with Gasteiger partial charge in [0.05, 0.1) is 0 Å². The van der Waals surface area contributed by atoms with E-state index >= 15 is 0 Å². The maximum absolute atomic E-state index is 6.36. The second-order valence-electron chi connectivity index (χ2n) is 11.6. The quantitative estimate of drug-likeness (QED) is 0.185. The number of benzene rings is 7. The number of nitrogens with zero attached hydrogens (tertiary/aromatic N) is 2. The zero-order valence-electron chi connectivity index (χ0n) is 25.4. The Morgan fingerprint density at radius 3 is 1.94 bits per heavy atom. The van der Waals surface area contributed by atoms with Crippen LogP contribution >= 0.6 is 11.3 Å². The van der Waals surface area contributed by atoms with Crippen molar-refractivity contribution in [3.63, 3.8) is 0 Å². The first-order valence-electron chi connectivity index (χ1n) is 15.7. The molecule has 0 saturated heterocycles. The van der Waals surface area contributed by atoms with Gasteiger partial charge in [0.25, 0.3) is 0 Å².